The van der Waals surface area contributed by atoms with Gasteiger partial charge in [-0.3, -0.25) is 4.79 Å². The highest BCUT2D eigenvalue weighted by molar-refractivity contribution is 7.15. The predicted octanol–water partition coefficient (Wildman–Crippen LogP) is 3.46. The highest BCUT2D eigenvalue weighted by Gasteiger charge is 2.29. The fraction of sp³-hybridized carbons (Fsp3) is 0.286. The minimum Gasteiger partial charge on any atom is -0.330 e. The minimum atomic E-state index is -4.33. The molecule has 0 aliphatic heterocycles. The second-order valence-electron chi connectivity index (χ2n) is 4.59. The van der Waals surface area contributed by atoms with Gasteiger partial charge in [-0.15, -0.1) is 23.7 Å². The number of benzene rings is 1. The molecule has 1 heterocycles. The molecule has 3 N–H and O–H groups in total. The average molecular weight is 366 g/mol. The summed E-state index contributed by atoms with van der Waals surface area (Å²) in [6.07, 6.45) is -2.06. The third-order valence-electron chi connectivity index (χ3n) is 2.83. The molecule has 0 atom stereocenters. The van der Waals surface area contributed by atoms with E-state index in [1.54, 1.807) is 6.20 Å². The van der Waals surface area contributed by atoms with E-state index >= 15 is 0 Å². The first-order chi connectivity index (χ1) is 10.4. The van der Waals surface area contributed by atoms with Gasteiger partial charge >= 0.3 is 6.18 Å². The summed E-state index contributed by atoms with van der Waals surface area (Å²) >= 11 is 1.29. The van der Waals surface area contributed by atoms with Gasteiger partial charge in [-0.25, -0.2) is 4.98 Å². The van der Waals surface area contributed by atoms with Gasteiger partial charge in [0.2, 0.25) is 5.91 Å². The molecule has 0 fully saturated rings. The van der Waals surface area contributed by atoms with E-state index in [0.29, 0.717) is 11.6 Å². The number of aromatic nitrogens is 1. The molecule has 1 amide bonds. The van der Waals surface area contributed by atoms with Crippen LogP contribution in [0, 0.1) is 0 Å². The number of carbonyl (C=O) groups is 1. The van der Waals surface area contributed by atoms with Crippen LogP contribution in [-0.2, 0) is 17.4 Å². The topological polar surface area (TPSA) is 68.0 Å². The van der Waals surface area contributed by atoms with Crippen molar-refractivity contribution in [2.24, 2.45) is 5.73 Å². The molecule has 0 aliphatic rings. The van der Waals surface area contributed by atoms with Crippen LogP contribution < -0.4 is 11.1 Å². The fourth-order valence-corrected chi connectivity index (χ4v) is 2.64. The Labute approximate surface area is 141 Å². The van der Waals surface area contributed by atoms with E-state index < -0.39 is 11.7 Å². The van der Waals surface area contributed by atoms with Crippen LogP contribution in [0.25, 0.3) is 0 Å². The lowest BCUT2D eigenvalue weighted by Crippen LogP contribution is -2.15. The molecular formula is C14H15ClF3N3OS. The van der Waals surface area contributed by atoms with E-state index in [9.17, 15) is 18.0 Å². The minimum absolute atomic E-state index is 0. The van der Waals surface area contributed by atoms with Gasteiger partial charge in [0.1, 0.15) is 0 Å². The Morgan fingerprint density at radius 1 is 1.26 bits per heavy atom. The normalized spacial score (nSPS) is 11.0. The number of hydrogen-bond donors (Lipinski definition) is 2. The number of thiazole rings is 1. The monoisotopic (exact) mass is 365 g/mol. The summed E-state index contributed by atoms with van der Waals surface area (Å²) in [6.45, 7) is 0.260. The Hall–Kier alpha value is -1.64. The first-order valence-corrected chi connectivity index (χ1v) is 7.31. The summed E-state index contributed by atoms with van der Waals surface area (Å²) in [5.41, 5.74) is 5.35. The van der Waals surface area contributed by atoms with Gasteiger partial charge in [0.25, 0.3) is 0 Å². The molecule has 0 unspecified atom stereocenters. The number of halogens is 4. The third-order valence-corrected chi connectivity index (χ3v) is 3.74. The summed E-state index contributed by atoms with van der Waals surface area (Å²) in [7, 11) is 0. The highest BCUT2D eigenvalue weighted by Crippen LogP contribution is 2.29. The lowest BCUT2D eigenvalue weighted by molar-refractivity contribution is -0.137. The van der Waals surface area contributed by atoms with Gasteiger partial charge in [0.15, 0.2) is 5.13 Å². The Bertz CT molecular complexity index is 643. The van der Waals surface area contributed by atoms with Crippen LogP contribution in [0.15, 0.2) is 30.5 Å². The zero-order valence-corrected chi connectivity index (χ0v) is 13.5. The first kappa shape index (κ1) is 19.4. The summed E-state index contributed by atoms with van der Waals surface area (Å²) in [5, 5.41) is 3.08. The maximum atomic E-state index is 12.5. The van der Waals surface area contributed by atoms with Crippen LogP contribution >= 0.6 is 23.7 Å². The number of anilines is 1. The Morgan fingerprint density at radius 3 is 2.48 bits per heavy atom. The number of amides is 1. The van der Waals surface area contributed by atoms with Crippen LogP contribution in [0.4, 0.5) is 18.3 Å². The molecule has 2 aromatic rings. The summed E-state index contributed by atoms with van der Waals surface area (Å²) in [6, 6.07) is 4.99. The molecule has 126 valence electrons. The molecule has 4 nitrogen and oxygen atoms in total. The maximum absolute atomic E-state index is 12.5. The van der Waals surface area contributed by atoms with Gasteiger partial charge < -0.3 is 11.1 Å². The molecule has 0 saturated carbocycles. The van der Waals surface area contributed by atoms with Gasteiger partial charge in [-0.2, -0.15) is 13.2 Å². The molecule has 0 bridgehead atoms. The zero-order valence-electron chi connectivity index (χ0n) is 11.9. The quantitative estimate of drug-likeness (QED) is 0.852. The van der Waals surface area contributed by atoms with Crippen molar-refractivity contribution in [2.75, 3.05) is 11.9 Å². The second kappa shape index (κ2) is 8.28. The highest BCUT2D eigenvalue weighted by atomic mass is 35.5. The fourth-order valence-electron chi connectivity index (χ4n) is 1.77. The van der Waals surface area contributed by atoms with Crippen LogP contribution in [0.1, 0.15) is 22.4 Å². The van der Waals surface area contributed by atoms with Crippen LogP contribution in [0.5, 0.6) is 0 Å². The van der Waals surface area contributed by atoms with Crippen LogP contribution in [0.2, 0.25) is 0 Å². The predicted molar refractivity (Wildman–Crippen MR) is 85.9 cm³/mol. The van der Waals surface area contributed by atoms with Crippen molar-refractivity contribution in [1.82, 2.24) is 4.98 Å². The number of rotatable bonds is 5. The first-order valence-electron chi connectivity index (χ1n) is 6.49. The molecule has 0 spiro atoms. The smallest absolute Gasteiger partial charge is 0.330 e. The van der Waals surface area contributed by atoms with E-state index in [2.05, 4.69) is 10.3 Å². The second-order valence-corrected chi connectivity index (χ2v) is 5.71. The Morgan fingerprint density at radius 2 is 1.91 bits per heavy atom. The van der Waals surface area contributed by atoms with Crippen molar-refractivity contribution in [2.45, 2.75) is 19.0 Å². The third kappa shape index (κ3) is 5.81. The Kier molecular flexibility index (Phi) is 6.99. The standard InChI is InChI=1S/C14H14F3N3OS.ClH/c15-14(16,17)10-3-1-9(2-4-10)7-11-8-19-13(22-11)20-12(21)5-6-18;/h1-4,8H,5-7,18H2,(H,19,20,21);1H. The SMILES string of the molecule is Cl.NCCC(=O)Nc1ncc(Cc2ccc(C(F)(F)F)cc2)s1. The van der Waals surface area contributed by atoms with Gasteiger partial charge in [-0.1, -0.05) is 12.1 Å². The summed E-state index contributed by atoms with van der Waals surface area (Å²) < 4.78 is 37.4. The maximum Gasteiger partial charge on any atom is 0.416 e. The zero-order chi connectivity index (χ0) is 16.2. The van der Waals surface area contributed by atoms with Crippen molar-refractivity contribution in [3.63, 3.8) is 0 Å². The number of carbonyl (C=O) groups excluding carboxylic acids is 1. The molecule has 0 radical (unpaired) electrons. The van der Waals surface area contributed by atoms with Crippen molar-refractivity contribution in [1.29, 1.82) is 0 Å². The molecule has 0 saturated heterocycles. The van der Waals surface area contributed by atoms with E-state index in [1.165, 1.54) is 23.5 Å². The largest absolute Gasteiger partial charge is 0.416 e. The average Bonchev–Trinajstić information content (AvgIpc) is 2.85. The molecule has 1 aromatic heterocycles. The van der Waals surface area contributed by atoms with E-state index in [-0.39, 0.29) is 31.3 Å². The van der Waals surface area contributed by atoms with Gasteiger partial charge in [-0.05, 0) is 17.7 Å². The molecule has 0 aliphatic carbocycles. The van der Waals surface area contributed by atoms with Crippen molar-refractivity contribution >= 4 is 34.8 Å². The lowest BCUT2D eigenvalue weighted by Gasteiger charge is -2.06. The molecule has 9 heteroatoms. The molecular weight excluding hydrogens is 351 g/mol. The van der Waals surface area contributed by atoms with Crippen molar-refractivity contribution < 1.29 is 18.0 Å². The molecule has 23 heavy (non-hydrogen) atoms. The number of nitrogens with two attached hydrogens (primary N) is 1. The van der Waals surface area contributed by atoms with Gasteiger partial charge in [0, 0.05) is 30.5 Å². The van der Waals surface area contributed by atoms with E-state index in [1.807, 2.05) is 0 Å². The number of hydrogen-bond acceptors (Lipinski definition) is 4. The number of nitrogens with zero attached hydrogens (tertiary/aromatic N) is 1. The Balaban J connectivity index is 0.00000264. The number of alkyl halides is 3. The summed E-state index contributed by atoms with van der Waals surface area (Å²) in [4.78, 5) is 16.3. The number of nitrogens with one attached hydrogen (secondary N) is 1. The van der Waals surface area contributed by atoms with Crippen molar-refractivity contribution in [3.05, 3.63) is 46.5 Å². The van der Waals surface area contributed by atoms with E-state index in [0.717, 1.165) is 22.6 Å². The van der Waals surface area contributed by atoms with Crippen LogP contribution in [0.3, 0.4) is 0 Å². The molecule has 1 aromatic carbocycles. The van der Waals surface area contributed by atoms with Crippen LogP contribution in [-0.4, -0.2) is 17.4 Å². The molecule has 2 rings (SSSR count). The summed E-state index contributed by atoms with van der Waals surface area (Å²) in [5.74, 6) is -0.210. The lowest BCUT2D eigenvalue weighted by atomic mass is 10.1. The van der Waals surface area contributed by atoms with E-state index in [4.69, 9.17) is 5.73 Å². The van der Waals surface area contributed by atoms with Crippen molar-refractivity contribution in [3.8, 4) is 0 Å². The van der Waals surface area contributed by atoms with Gasteiger partial charge in [0.05, 0.1) is 5.56 Å².